The third kappa shape index (κ3) is 4.34. The maximum Gasteiger partial charge on any atom is 0.221 e. The zero-order valence-electron chi connectivity index (χ0n) is 10.0. The normalized spacial score (nSPS) is 10.4. The highest BCUT2D eigenvalue weighted by molar-refractivity contribution is 9.10. The van der Waals surface area contributed by atoms with E-state index in [4.69, 9.17) is 0 Å². The largest absolute Gasteiger partial charge is 0.356 e. The molecule has 0 radical (unpaired) electrons. The van der Waals surface area contributed by atoms with Crippen molar-refractivity contribution >= 4 is 21.8 Å². The molecule has 0 bridgehead atoms. The molecular weight excluding hydrogens is 306 g/mol. The third-order valence-corrected chi connectivity index (χ3v) is 2.96. The minimum Gasteiger partial charge on any atom is -0.356 e. The highest BCUT2D eigenvalue weighted by Crippen LogP contribution is 2.21. The lowest BCUT2D eigenvalue weighted by Gasteiger charge is -2.08. The molecule has 1 amide bonds. The van der Waals surface area contributed by atoms with Crippen LogP contribution in [0.5, 0.6) is 0 Å². The number of hydrogen-bond acceptors (Lipinski definition) is 2. The van der Waals surface area contributed by atoms with Gasteiger partial charge < -0.3 is 10.6 Å². The number of hydrogen-bond donors (Lipinski definition) is 2. The Morgan fingerprint density at radius 1 is 1.39 bits per heavy atom. The number of carbonyl (C=O) groups excluding carboxylic acids is 1. The smallest absolute Gasteiger partial charge is 0.221 e. The van der Waals surface area contributed by atoms with Gasteiger partial charge in [-0.15, -0.1) is 0 Å². The van der Waals surface area contributed by atoms with Crippen LogP contribution in [0.25, 0.3) is 0 Å². The molecule has 18 heavy (non-hydrogen) atoms. The number of amides is 1. The van der Waals surface area contributed by atoms with Crippen LogP contribution in [-0.4, -0.2) is 19.0 Å². The first-order valence-corrected chi connectivity index (χ1v) is 6.45. The molecule has 3 nitrogen and oxygen atoms in total. The van der Waals surface area contributed by atoms with Crippen LogP contribution in [0.1, 0.15) is 18.9 Å². The average Bonchev–Trinajstić information content (AvgIpc) is 2.33. The maximum atomic E-state index is 13.6. The minimum absolute atomic E-state index is 0.0275. The Kier molecular flexibility index (Phi) is 6.21. The van der Waals surface area contributed by atoms with Crippen LogP contribution in [0.2, 0.25) is 0 Å². The van der Waals surface area contributed by atoms with Crippen LogP contribution >= 0.6 is 15.9 Å². The highest BCUT2D eigenvalue weighted by atomic mass is 79.9. The summed E-state index contributed by atoms with van der Waals surface area (Å²) in [5.74, 6) is -1.29. The second-order valence-electron chi connectivity index (χ2n) is 3.70. The molecule has 100 valence electrons. The zero-order chi connectivity index (χ0) is 13.5. The maximum absolute atomic E-state index is 13.6. The summed E-state index contributed by atoms with van der Waals surface area (Å²) in [6.45, 7) is 2.83. The molecule has 0 aliphatic rings. The van der Waals surface area contributed by atoms with E-state index < -0.39 is 11.6 Å². The fraction of sp³-hybridized carbons (Fsp3) is 0.417. The monoisotopic (exact) mass is 320 g/mol. The lowest BCUT2D eigenvalue weighted by Crippen LogP contribution is -2.27. The fourth-order valence-electron chi connectivity index (χ4n) is 1.43. The molecule has 2 N–H and O–H groups in total. The van der Waals surface area contributed by atoms with E-state index in [-0.39, 0.29) is 28.9 Å². The minimum atomic E-state index is -0.611. The number of benzene rings is 1. The van der Waals surface area contributed by atoms with Crippen molar-refractivity contribution in [3.63, 3.8) is 0 Å². The van der Waals surface area contributed by atoms with Gasteiger partial charge in [-0.2, -0.15) is 0 Å². The van der Waals surface area contributed by atoms with Crippen molar-refractivity contribution in [2.24, 2.45) is 0 Å². The molecule has 0 unspecified atom stereocenters. The van der Waals surface area contributed by atoms with E-state index in [0.29, 0.717) is 13.1 Å². The quantitative estimate of drug-likeness (QED) is 0.624. The summed E-state index contributed by atoms with van der Waals surface area (Å²) >= 11 is 3.00. The standard InChI is InChI=1S/C12H15BrF2N2O/c1-2-17-11(18)5-6-16-7-8-10(14)4-3-9(13)12(8)15/h3-4,16H,2,5-7H2,1H3,(H,17,18). The summed E-state index contributed by atoms with van der Waals surface area (Å²) in [6, 6.07) is 2.52. The molecule has 0 aliphatic heterocycles. The van der Waals surface area contributed by atoms with Gasteiger partial charge in [0.05, 0.1) is 4.47 Å². The van der Waals surface area contributed by atoms with Crippen molar-refractivity contribution in [3.8, 4) is 0 Å². The van der Waals surface area contributed by atoms with Gasteiger partial charge in [0, 0.05) is 31.6 Å². The van der Waals surface area contributed by atoms with Gasteiger partial charge in [0.15, 0.2) is 0 Å². The van der Waals surface area contributed by atoms with Gasteiger partial charge in [-0.1, -0.05) is 0 Å². The summed E-state index contributed by atoms with van der Waals surface area (Å²) in [5, 5.41) is 5.48. The highest BCUT2D eigenvalue weighted by Gasteiger charge is 2.11. The number of carbonyl (C=O) groups is 1. The first-order chi connectivity index (χ1) is 8.56. The SMILES string of the molecule is CCNC(=O)CCNCc1c(F)ccc(Br)c1F. The molecule has 6 heteroatoms. The molecule has 0 saturated carbocycles. The van der Waals surface area contributed by atoms with Crippen molar-refractivity contribution in [1.82, 2.24) is 10.6 Å². The van der Waals surface area contributed by atoms with Crippen molar-refractivity contribution in [2.75, 3.05) is 13.1 Å². The molecule has 0 saturated heterocycles. The van der Waals surface area contributed by atoms with Crippen LogP contribution in [0.4, 0.5) is 8.78 Å². The Bertz CT molecular complexity index is 427. The zero-order valence-corrected chi connectivity index (χ0v) is 11.6. The number of nitrogens with one attached hydrogen (secondary N) is 2. The lowest BCUT2D eigenvalue weighted by molar-refractivity contribution is -0.120. The first kappa shape index (κ1) is 15.0. The Labute approximate surface area is 113 Å². The predicted molar refractivity (Wildman–Crippen MR) is 69.1 cm³/mol. The first-order valence-electron chi connectivity index (χ1n) is 5.66. The van der Waals surface area contributed by atoms with Crippen molar-refractivity contribution in [3.05, 3.63) is 33.8 Å². The summed E-state index contributed by atoms with van der Waals surface area (Å²) in [6.07, 6.45) is 0.283. The van der Waals surface area contributed by atoms with Gasteiger partial charge in [-0.3, -0.25) is 4.79 Å². The van der Waals surface area contributed by atoms with Gasteiger partial charge in [0.1, 0.15) is 11.6 Å². The van der Waals surface area contributed by atoms with Gasteiger partial charge >= 0.3 is 0 Å². The number of rotatable bonds is 6. The van der Waals surface area contributed by atoms with Crippen LogP contribution in [0, 0.1) is 11.6 Å². The molecule has 0 aliphatic carbocycles. The van der Waals surface area contributed by atoms with E-state index >= 15 is 0 Å². The third-order valence-electron chi connectivity index (χ3n) is 2.34. The van der Waals surface area contributed by atoms with Crippen molar-refractivity contribution in [2.45, 2.75) is 19.9 Å². The molecule has 0 fully saturated rings. The van der Waals surface area contributed by atoms with E-state index in [9.17, 15) is 13.6 Å². The van der Waals surface area contributed by atoms with Gasteiger partial charge in [0.2, 0.25) is 5.91 Å². The Morgan fingerprint density at radius 3 is 2.78 bits per heavy atom. The van der Waals surface area contributed by atoms with Gasteiger partial charge in [-0.25, -0.2) is 8.78 Å². The number of halogens is 3. The fourth-order valence-corrected chi connectivity index (χ4v) is 1.80. The van der Waals surface area contributed by atoms with E-state index in [0.717, 1.165) is 0 Å². The predicted octanol–water partition coefficient (Wildman–Crippen LogP) is 2.34. The van der Waals surface area contributed by atoms with E-state index in [1.807, 2.05) is 6.92 Å². The second kappa shape index (κ2) is 7.43. The van der Waals surface area contributed by atoms with Gasteiger partial charge in [0.25, 0.3) is 0 Å². The Balaban J connectivity index is 2.45. The molecule has 0 aromatic heterocycles. The average molecular weight is 321 g/mol. The van der Waals surface area contributed by atoms with Gasteiger partial charge in [-0.05, 0) is 35.0 Å². The van der Waals surface area contributed by atoms with Crippen molar-refractivity contribution in [1.29, 1.82) is 0 Å². The molecule has 0 spiro atoms. The van der Waals surface area contributed by atoms with Crippen molar-refractivity contribution < 1.29 is 13.6 Å². The van der Waals surface area contributed by atoms with Crippen LogP contribution in [-0.2, 0) is 11.3 Å². The molecule has 0 atom stereocenters. The van der Waals surface area contributed by atoms with E-state index in [2.05, 4.69) is 26.6 Å². The second-order valence-corrected chi connectivity index (χ2v) is 4.56. The summed E-state index contributed by atoms with van der Waals surface area (Å²) in [7, 11) is 0. The summed E-state index contributed by atoms with van der Waals surface area (Å²) < 4.78 is 27.1. The summed E-state index contributed by atoms with van der Waals surface area (Å²) in [4.78, 5) is 11.1. The van der Waals surface area contributed by atoms with Crippen LogP contribution < -0.4 is 10.6 Å². The van der Waals surface area contributed by atoms with Crippen LogP contribution in [0.3, 0.4) is 0 Å². The molecule has 1 aromatic carbocycles. The topological polar surface area (TPSA) is 41.1 Å². The molecule has 1 aromatic rings. The van der Waals surface area contributed by atoms with Crippen LogP contribution in [0.15, 0.2) is 16.6 Å². The van der Waals surface area contributed by atoms with E-state index in [1.54, 1.807) is 0 Å². The Hall–Kier alpha value is -1.01. The molecule has 1 rings (SSSR count). The lowest BCUT2D eigenvalue weighted by atomic mass is 10.2. The molecule has 0 heterocycles. The van der Waals surface area contributed by atoms with E-state index in [1.165, 1.54) is 12.1 Å². The Morgan fingerprint density at radius 2 is 2.11 bits per heavy atom. The summed E-state index contributed by atoms with van der Waals surface area (Å²) in [5.41, 5.74) is -0.0275. The molecular formula is C12H15BrF2N2O.